The van der Waals surface area contributed by atoms with Gasteiger partial charge in [-0.15, -0.1) is 0 Å². The molecule has 0 bridgehead atoms. The molecule has 1 aromatic carbocycles. The Balaban J connectivity index is 0.000000364. The third-order valence-corrected chi connectivity index (χ3v) is 1.71. The van der Waals surface area contributed by atoms with Gasteiger partial charge in [0.1, 0.15) is 5.82 Å². The zero-order valence-electron chi connectivity index (χ0n) is 8.12. The van der Waals surface area contributed by atoms with Crippen LogP contribution in [0.1, 0.15) is 18.1 Å². The first-order valence-corrected chi connectivity index (χ1v) is 4.66. The van der Waals surface area contributed by atoms with E-state index in [9.17, 15) is 4.39 Å². The number of rotatable bonds is 1. The van der Waals surface area contributed by atoms with E-state index in [0.29, 0.717) is 11.3 Å². The lowest BCUT2D eigenvalue weighted by atomic mass is 10.1. The number of hydrogen-bond acceptors (Lipinski definition) is 2. The zero-order valence-corrected chi connectivity index (χ0v) is 9.01. The molecule has 0 radical (unpaired) electrons. The SMILES string of the molecule is CC(=O)O.Cc1ccc(F)c(CS)c1. The van der Waals surface area contributed by atoms with Crippen LogP contribution in [0.25, 0.3) is 0 Å². The molecule has 4 heteroatoms. The summed E-state index contributed by atoms with van der Waals surface area (Å²) < 4.78 is 12.7. The molecule has 0 spiro atoms. The first-order chi connectivity index (χ1) is 6.47. The third-order valence-electron chi connectivity index (χ3n) is 1.37. The van der Waals surface area contributed by atoms with Gasteiger partial charge >= 0.3 is 0 Å². The lowest BCUT2D eigenvalue weighted by Gasteiger charge is -1.98. The van der Waals surface area contributed by atoms with Crippen LogP contribution in [0.4, 0.5) is 4.39 Å². The Morgan fingerprint density at radius 2 is 2.07 bits per heavy atom. The van der Waals surface area contributed by atoms with Crippen molar-refractivity contribution in [2.24, 2.45) is 0 Å². The van der Waals surface area contributed by atoms with Crippen LogP contribution in [-0.2, 0) is 10.5 Å². The fourth-order valence-electron chi connectivity index (χ4n) is 0.825. The van der Waals surface area contributed by atoms with Crippen molar-refractivity contribution >= 4 is 18.6 Å². The summed E-state index contributed by atoms with van der Waals surface area (Å²) >= 11 is 3.99. The van der Waals surface area contributed by atoms with Gasteiger partial charge in [0.2, 0.25) is 0 Å². The number of carbonyl (C=O) groups is 1. The largest absolute Gasteiger partial charge is 0.481 e. The first kappa shape index (κ1) is 13.0. The number of benzene rings is 1. The van der Waals surface area contributed by atoms with Crippen LogP contribution in [0.5, 0.6) is 0 Å². The van der Waals surface area contributed by atoms with Gasteiger partial charge in [-0.05, 0) is 18.6 Å². The molecule has 1 rings (SSSR count). The van der Waals surface area contributed by atoms with Crippen molar-refractivity contribution in [3.05, 3.63) is 35.1 Å². The average Bonchev–Trinajstić information content (AvgIpc) is 2.08. The van der Waals surface area contributed by atoms with Gasteiger partial charge in [0.25, 0.3) is 5.97 Å². The van der Waals surface area contributed by atoms with E-state index in [2.05, 4.69) is 12.6 Å². The molecule has 0 saturated carbocycles. The number of thiol groups is 1. The van der Waals surface area contributed by atoms with Crippen molar-refractivity contribution in [2.75, 3.05) is 0 Å². The molecule has 0 atom stereocenters. The van der Waals surface area contributed by atoms with E-state index in [-0.39, 0.29) is 5.82 Å². The molecule has 0 saturated heterocycles. The van der Waals surface area contributed by atoms with Crippen LogP contribution in [0.3, 0.4) is 0 Å². The molecular weight excluding hydrogens is 203 g/mol. The highest BCUT2D eigenvalue weighted by Gasteiger charge is 1.97. The fraction of sp³-hybridized carbons (Fsp3) is 0.300. The molecule has 78 valence electrons. The van der Waals surface area contributed by atoms with E-state index in [1.807, 2.05) is 13.0 Å². The molecule has 0 unspecified atom stereocenters. The van der Waals surface area contributed by atoms with E-state index in [4.69, 9.17) is 9.90 Å². The quantitative estimate of drug-likeness (QED) is 0.708. The normalized spacial score (nSPS) is 8.86. The van der Waals surface area contributed by atoms with Crippen molar-refractivity contribution in [3.8, 4) is 0 Å². The van der Waals surface area contributed by atoms with E-state index >= 15 is 0 Å². The number of carboxylic acid groups (broad SMARTS) is 1. The highest BCUT2D eigenvalue weighted by atomic mass is 32.1. The first-order valence-electron chi connectivity index (χ1n) is 4.02. The fourth-order valence-corrected chi connectivity index (χ4v) is 1.07. The van der Waals surface area contributed by atoms with Gasteiger partial charge in [-0.25, -0.2) is 4.39 Å². The Hall–Kier alpha value is -1.03. The number of hydrogen-bond donors (Lipinski definition) is 2. The lowest BCUT2D eigenvalue weighted by Crippen LogP contribution is -1.85. The Morgan fingerprint density at radius 3 is 2.43 bits per heavy atom. The van der Waals surface area contributed by atoms with Crippen molar-refractivity contribution in [2.45, 2.75) is 19.6 Å². The number of carboxylic acids is 1. The van der Waals surface area contributed by atoms with Crippen LogP contribution < -0.4 is 0 Å². The van der Waals surface area contributed by atoms with Gasteiger partial charge in [-0.2, -0.15) is 12.6 Å². The van der Waals surface area contributed by atoms with E-state index in [1.165, 1.54) is 6.07 Å². The minimum absolute atomic E-state index is 0.166. The van der Waals surface area contributed by atoms with Crippen LogP contribution >= 0.6 is 12.6 Å². The molecule has 1 aromatic rings. The summed E-state index contributed by atoms with van der Waals surface area (Å²) in [5.74, 6) is -0.534. The maximum absolute atomic E-state index is 12.7. The highest BCUT2D eigenvalue weighted by Crippen LogP contribution is 2.11. The summed E-state index contributed by atoms with van der Waals surface area (Å²) in [6, 6.07) is 5.03. The van der Waals surface area contributed by atoms with Crippen molar-refractivity contribution in [1.82, 2.24) is 0 Å². The smallest absolute Gasteiger partial charge is 0.300 e. The third kappa shape index (κ3) is 5.59. The molecule has 1 N–H and O–H groups in total. The Morgan fingerprint density at radius 1 is 1.57 bits per heavy atom. The lowest BCUT2D eigenvalue weighted by molar-refractivity contribution is -0.134. The van der Waals surface area contributed by atoms with Crippen molar-refractivity contribution < 1.29 is 14.3 Å². The van der Waals surface area contributed by atoms with Gasteiger partial charge in [0.05, 0.1) is 0 Å². The molecule has 14 heavy (non-hydrogen) atoms. The second-order valence-electron chi connectivity index (χ2n) is 2.77. The predicted molar refractivity (Wildman–Crippen MR) is 57.1 cm³/mol. The molecule has 2 nitrogen and oxygen atoms in total. The summed E-state index contributed by atoms with van der Waals surface area (Å²) in [5, 5.41) is 7.42. The van der Waals surface area contributed by atoms with E-state index < -0.39 is 5.97 Å². The zero-order chi connectivity index (χ0) is 11.1. The van der Waals surface area contributed by atoms with Crippen LogP contribution in [0, 0.1) is 12.7 Å². The summed E-state index contributed by atoms with van der Waals surface area (Å²) in [5.41, 5.74) is 1.74. The van der Waals surface area contributed by atoms with E-state index in [0.717, 1.165) is 12.5 Å². The minimum Gasteiger partial charge on any atom is -0.481 e. The topological polar surface area (TPSA) is 37.3 Å². The van der Waals surface area contributed by atoms with Gasteiger partial charge in [0, 0.05) is 12.7 Å². The Bertz CT molecular complexity index is 309. The number of aliphatic carboxylic acids is 1. The monoisotopic (exact) mass is 216 g/mol. The summed E-state index contributed by atoms with van der Waals surface area (Å²) in [6.07, 6.45) is 0. The summed E-state index contributed by atoms with van der Waals surface area (Å²) in [6.45, 7) is 3.02. The van der Waals surface area contributed by atoms with Crippen LogP contribution in [0.2, 0.25) is 0 Å². The molecule has 0 fully saturated rings. The molecular formula is C10H13FO2S. The molecule has 0 heterocycles. The van der Waals surface area contributed by atoms with Gasteiger partial charge in [-0.1, -0.05) is 17.7 Å². The Labute approximate surface area is 88.2 Å². The number of halogens is 1. The average molecular weight is 216 g/mol. The number of aryl methyl sites for hydroxylation is 1. The highest BCUT2D eigenvalue weighted by molar-refractivity contribution is 7.79. The maximum atomic E-state index is 12.7. The Kier molecular flexibility index (Phi) is 5.95. The molecule has 0 aliphatic rings. The van der Waals surface area contributed by atoms with Crippen molar-refractivity contribution in [1.29, 1.82) is 0 Å². The van der Waals surface area contributed by atoms with E-state index in [1.54, 1.807) is 6.07 Å². The maximum Gasteiger partial charge on any atom is 0.300 e. The minimum atomic E-state index is -0.833. The van der Waals surface area contributed by atoms with Gasteiger partial charge in [-0.3, -0.25) is 4.79 Å². The summed E-state index contributed by atoms with van der Waals surface area (Å²) in [7, 11) is 0. The van der Waals surface area contributed by atoms with Crippen LogP contribution in [-0.4, -0.2) is 11.1 Å². The molecule has 0 amide bonds. The van der Waals surface area contributed by atoms with Crippen molar-refractivity contribution in [3.63, 3.8) is 0 Å². The van der Waals surface area contributed by atoms with Gasteiger partial charge in [0.15, 0.2) is 0 Å². The second-order valence-corrected chi connectivity index (χ2v) is 3.09. The standard InChI is InChI=1S/C8H9FS.C2H4O2/c1-6-2-3-8(9)7(4-6)5-10;1-2(3)4/h2-4,10H,5H2,1H3;1H3,(H,3,4). The predicted octanol–water partition coefficient (Wildman–Crippen LogP) is 2.65. The molecule has 0 aliphatic carbocycles. The molecule has 0 aliphatic heterocycles. The van der Waals surface area contributed by atoms with Gasteiger partial charge < -0.3 is 5.11 Å². The second kappa shape index (κ2) is 6.43. The van der Waals surface area contributed by atoms with Crippen LogP contribution in [0.15, 0.2) is 18.2 Å². The molecule has 0 aromatic heterocycles. The summed E-state index contributed by atoms with van der Waals surface area (Å²) in [4.78, 5) is 9.00.